The minimum Gasteiger partial charge on any atom is -0.462 e. The first-order chi connectivity index (χ1) is 47.7. The molecule has 0 aromatic heterocycles. The Morgan fingerprint density at radius 3 is 0.969 bits per heavy atom. The highest BCUT2D eigenvalue weighted by Gasteiger charge is 2.30. The molecule has 17 nitrogen and oxygen atoms in total. The molecular formula is C79H128O17P2. The topological polar surface area (TPSA) is 237 Å². The third-order valence-electron chi connectivity index (χ3n) is 14.5. The molecular weight excluding hydrogens is 1280 g/mol. The zero-order valence-corrected chi connectivity index (χ0v) is 62.2. The van der Waals surface area contributed by atoms with E-state index in [-0.39, 0.29) is 25.7 Å². The van der Waals surface area contributed by atoms with E-state index < -0.39 is 97.5 Å². The molecule has 5 atom stereocenters. The molecule has 0 aliphatic heterocycles. The maximum Gasteiger partial charge on any atom is 0.472 e. The molecule has 98 heavy (non-hydrogen) atoms. The average Bonchev–Trinajstić information content (AvgIpc) is 1.04. The van der Waals surface area contributed by atoms with Crippen LogP contribution in [0.2, 0.25) is 0 Å². The molecule has 556 valence electrons. The van der Waals surface area contributed by atoms with Crippen LogP contribution in [0.5, 0.6) is 0 Å². The molecule has 0 saturated carbocycles. The third-order valence-corrected chi connectivity index (χ3v) is 16.4. The molecule has 3 N–H and O–H groups in total. The molecule has 0 aromatic carbocycles. The van der Waals surface area contributed by atoms with Crippen LogP contribution in [0.25, 0.3) is 0 Å². The molecule has 0 bridgehead atoms. The summed E-state index contributed by atoms with van der Waals surface area (Å²) in [5, 5.41) is 10.6. The van der Waals surface area contributed by atoms with Crippen LogP contribution in [0.15, 0.2) is 158 Å². The number of rotatable bonds is 67. The summed E-state index contributed by atoms with van der Waals surface area (Å²) in [6, 6.07) is 0. The van der Waals surface area contributed by atoms with Gasteiger partial charge in [-0.25, -0.2) is 9.13 Å². The van der Waals surface area contributed by atoms with Crippen LogP contribution < -0.4 is 0 Å². The van der Waals surface area contributed by atoms with Gasteiger partial charge in [0.15, 0.2) is 12.2 Å². The number of aliphatic hydroxyl groups excluding tert-OH is 1. The van der Waals surface area contributed by atoms with E-state index in [4.69, 9.17) is 37.0 Å². The first-order valence-corrected chi connectivity index (χ1v) is 39.7. The lowest BCUT2D eigenvalue weighted by Gasteiger charge is -2.21. The number of phosphoric ester groups is 2. The summed E-state index contributed by atoms with van der Waals surface area (Å²) in [5.74, 6) is -2.42. The van der Waals surface area contributed by atoms with Crippen molar-refractivity contribution in [2.24, 2.45) is 0 Å². The van der Waals surface area contributed by atoms with Crippen molar-refractivity contribution < 1.29 is 80.2 Å². The highest BCUT2D eigenvalue weighted by Crippen LogP contribution is 2.45. The smallest absolute Gasteiger partial charge is 0.462 e. The molecule has 0 fully saturated rings. The van der Waals surface area contributed by atoms with Gasteiger partial charge in [-0.15, -0.1) is 0 Å². The molecule has 0 spiro atoms. The van der Waals surface area contributed by atoms with Gasteiger partial charge in [0.25, 0.3) is 0 Å². The number of hydrogen-bond donors (Lipinski definition) is 3. The lowest BCUT2D eigenvalue weighted by atomic mass is 10.1. The Bertz CT molecular complexity index is 2480. The zero-order chi connectivity index (χ0) is 71.8. The minimum atomic E-state index is -5.01. The molecule has 0 heterocycles. The second kappa shape index (κ2) is 70.1. The molecule has 0 aromatic rings. The summed E-state index contributed by atoms with van der Waals surface area (Å²) in [6.07, 6.45) is 79.9. The van der Waals surface area contributed by atoms with Crippen LogP contribution in [-0.4, -0.2) is 96.7 Å². The molecule has 0 aliphatic rings. The summed E-state index contributed by atoms with van der Waals surface area (Å²) in [6.45, 7) is 4.32. The Labute approximate surface area is 591 Å². The van der Waals surface area contributed by atoms with Crippen molar-refractivity contribution in [3.05, 3.63) is 158 Å². The molecule has 0 saturated heterocycles. The number of hydrogen-bond acceptors (Lipinski definition) is 15. The largest absolute Gasteiger partial charge is 0.472 e. The van der Waals surface area contributed by atoms with E-state index in [1.54, 1.807) is 6.08 Å². The molecule has 5 unspecified atom stereocenters. The number of carbonyl (C=O) groups excluding carboxylic acids is 4. The summed E-state index contributed by atoms with van der Waals surface area (Å²) in [4.78, 5) is 72.7. The number of unbranched alkanes of at least 4 members (excludes halogenated alkanes) is 16. The summed E-state index contributed by atoms with van der Waals surface area (Å²) >= 11 is 0. The highest BCUT2D eigenvalue weighted by atomic mass is 31.2. The standard InChI is InChI=1S/C79H128O17P2/c1-5-9-13-17-21-25-29-33-36-40-43-47-51-55-59-63-76(81)89-69-74(95-78(83)65-61-57-53-49-45-39-32-28-24-20-16-12-8-4)71-93-97(85,86)91-67-73(80)68-92-98(87,88)94-72-75(96-79(84)66-62-58-54-50-46-42-38-35-31-27-23-19-15-11-7-3)70-90-77(82)64-60-56-52-48-44-41-37-34-30-26-22-18-14-10-6-2/h10-11,14-16,20-23,25-28,32-38,44,46,48,50,56,60,73-75,80H,5-9,12-13,17-19,24,29-31,39-43,45,47,49,51-55,57-59,61-72H2,1-4H3,(H,85,86)(H,87,88)/b14-10-,15-11-,20-16-,25-21-,26-22-,27-23-,32-28-,36-33-,37-34-,38-35-,48-44-,50-46-,60-56-. The van der Waals surface area contributed by atoms with E-state index in [0.29, 0.717) is 32.1 Å². The first-order valence-electron chi connectivity index (χ1n) is 36.7. The van der Waals surface area contributed by atoms with Gasteiger partial charge in [-0.3, -0.25) is 37.3 Å². The number of phosphoric acid groups is 2. The quantitative estimate of drug-likeness (QED) is 0.0169. The van der Waals surface area contributed by atoms with E-state index >= 15 is 0 Å². The van der Waals surface area contributed by atoms with Crippen molar-refractivity contribution in [2.75, 3.05) is 39.6 Å². The lowest BCUT2D eigenvalue weighted by molar-refractivity contribution is -0.161. The van der Waals surface area contributed by atoms with Crippen molar-refractivity contribution in [2.45, 2.75) is 277 Å². The second-order valence-corrected chi connectivity index (χ2v) is 26.7. The fraction of sp³-hybridized carbons (Fsp3) is 0.620. The van der Waals surface area contributed by atoms with Crippen molar-refractivity contribution >= 4 is 39.5 Å². The van der Waals surface area contributed by atoms with Crippen molar-refractivity contribution in [3.8, 4) is 0 Å². The van der Waals surface area contributed by atoms with Crippen LogP contribution in [0, 0.1) is 0 Å². The Hall–Kier alpha value is -5.32. The average molecular weight is 1410 g/mol. The van der Waals surface area contributed by atoms with Crippen LogP contribution in [0.1, 0.15) is 259 Å². The summed E-state index contributed by atoms with van der Waals surface area (Å²) in [7, 11) is -10.0. The van der Waals surface area contributed by atoms with Crippen molar-refractivity contribution in [3.63, 3.8) is 0 Å². The van der Waals surface area contributed by atoms with Crippen LogP contribution in [-0.2, 0) is 65.4 Å². The summed E-state index contributed by atoms with van der Waals surface area (Å²) in [5.41, 5.74) is 0. The summed E-state index contributed by atoms with van der Waals surface area (Å²) < 4.78 is 68.2. The number of ether oxygens (including phenoxy) is 4. The van der Waals surface area contributed by atoms with Gasteiger partial charge in [-0.05, 0) is 148 Å². The fourth-order valence-electron chi connectivity index (χ4n) is 8.94. The SMILES string of the molecule is CC/C=C\C/C=C\C/C=C\C/C=C\C/C=C\CC(=O)OCC(COP(=O)(O)OCC(O)COP(=O)(O)OCC(COC(=O)CCCCCCC/C=C\C/C=C\CCCCC)OC(=O)CCCCCCC/C=C\C/C=C\CCC)OC(=O)CCCC/C=C\C/C=C\C/C=C\C/C=C\CC. The van der Waals surface area contributed by atoms with Crippen LogP contribution >= 0.6 is 15.6 Å². The Morgan fingerprint density at radius 1 is 0.306 bits per heavy atom. The maximum atomic E-state index is 13.1. The maximum absolute atomic E-state index is 13.1. The van der Waals surface area contributed by atoms with Gasteiger partial charge in [-0.1, -0.05) is 243 Å². The highest BCUT2D eigenvalue weighted by molar-refractivity contribution is 7.47. The third kappa shape index (κ3) is 69.2. The normalized spacial score (nSPS) is 14.9. The van der Waals surface area contributed by atoms with E-state index in [9.17, 15) is 43.2 Å². The number of aliphatic hydroxyl groups is 1. The predicted octanol–water partition coefficient (Wildman–Crippen LogP) is 20.9. The van der Waals surface area contributed by atoms with Gasteiger partial charge in [0.1, 0.15) is 19.3 Å². The lowest BCUT2D eigenvalue weighted by Crippen LogP contribution is -2.30. The van der Waals surface area contributed by atoms with Crippen molar-refractivity contribution in [1.82, 2.24) is 0 Å². The Morgan fingerprint density at radius 2 is 0.592 bits per heavy atom. The van der Waals surface area contributed by atoms with E-state index in [1.807, 2.05) is 24.3 Å². The molecule has 19 heteroatoms. The zero-order valence-electron chi connectivity index (χ0n) is 60.4. The van der Waals surface area contributed by atoms with Gasteiger partial charge < -0.3 is 33.8 Å². The second-order valence-electron chi connectivity index (χ2n) is 23.8. The van der Waals surface area contributed by atoms with Gasteiger partial charge in [0.05, 0.1) is 32.8 Å². The van der Waals surface area contributed by atoms with Crippen molar-refractivity contribution in [1.29, 1.82) is 0 Å². The Kier molecular flexibility index (Phi) is 66.3. The number of allylic oxidation sites excluding steroid dienone is 25. The van der Waals surface area contributed by atoms with Gasteiger partial charge in [-0.2, -0.15) is 0 Å². The number of esters is 4. The monoisotopic (exact) mass is 1410 g/mol. The fourth-order valence-corrected chi connectivity index (χ4v) is 10.5. The van der Waals surface area contributed by atoms with Gasteiger partial charge in [0, 0.05) is 19.3 Å². The molecule has 0 radical (unpaired) electrons. The molecule has 0 aliphatic carbocycles. The Balaban J connectivity index is 5.49. The first kappa shape index (κ1) is 92.7. The van der Waals surface area contributed by atoms with E-state index in [2.05, 4.69) is 155 Å². The predicted molar refractivity (Wildman–Crippen MR) is 399 cm³/mol. The number of carbonyl (C=O) groups is 4. The minimum absolute atomic E-state index is 0.0172. The molecule has 0 rings (SSSR count). The van der Waals surface area contributed by atoms with Crippen LogP contribution in [0.4, 0.5) is 0 Å². The molecule has 0 amide bonds. The van der Waals surface area contributed by atoms with Gasteiger partial charge >= 0.3 is 39.5 Å². The van der Waals surface area contributed by atoms with E-state index in [0.717, 1.165) is 154 Å². The van der Waals surface area contributed by atoms with Gasteiger partial charge in [0.2, 0.25) is 0 Å². The van der Waals surface area contributed by atoms with Crippen LogP contribution in [0.3, 0.4) is 0 Å². The van der Waals surface area contributed by atoms with E-state index in [1.165, 1.54) is 19.3 Å².